The number of halogens is 1. The number of anilines is 1. The Hall–Kier alpha value is -2.73. The van der Waals surface area contributed by atoms with Crippen LogP contribution in [-0.4, -0.2) is 42.6 Å². The fourth-order valence-corrected chi connectivity index (χ4v) is 2.81. The smallest absolute Gasteiger partial charge is 0.149 e. The number of likely N-dealkylation sites (N-methyl/N-ethyl adjacent to an activating group) is 1. The first-order valence-corrected chi connectivity index (χ1v) is 8.03. The van der Waals surface area contributed by atoms with Crippen molar-refractivity contribution >= 4 is 16.7 Å². The number of nitrogens with one attached hydrogen (secondary N) is 1. The Kier molecular flexibility index (Phi) is 5.09. The van der Waals surface area contributed by atoms with Crippen LogP contribution in [0.1, 0.15) is 11.6 Å². The maximum absolute atomic E-state index is 13.9. The van der Waals surface area contributed by atoms with Gasteiger partial charge in [-0.25, -0.2) is 14.4 Å². The zero-order valence-electron chi connectivity index (χ0n) is 14.5. The van der Waals surface area contributed by atoms with Crippen LogP contribution in [-0.2, 0) is 0 Å². The molecule has 1 N–H and O–H groups in total. The Morgan fingerprint density at radius 3 is 2.56 bits per heavy atom. The van der Waals surface area contributed by atoms with Crippen LogP contribution in [0.4, 0.5) is 10.2 Å². The highest BCUT2D eigenvalue weighted by Crippen LogP contribution is 2.24. The van der Waals surface area contributed by atoms with Gasteiger partial charge < -0.3 is 15.0 Å². The first-order valence-electron chi connectivity index (χ1n) is 8.03. The molecule has 1 unspecified atom stereocenters. The first-order chi connectivity index (χ1) is 12.1. The highest BCUT2D eigenvalue weighted by molar-refractivity contribution is 5.89. The predicted octanol–water partition coefficient (Wildman–Crippen LogP) is 3.49. The summed E-state index contributed by atoms with van der Waals surface area (Å²) in [5.41, 5.74) is 1.48. The summed E-state index contributed by atoms with van der Waals surface area (Å²) in [6.45, 7) is 0.627. The Morgan fingerprint density at radius 1 is 1.12 bits per heavy atom. The van der Waals surface area contributed by atoms with Crippen molar-refractivity contribution in [2.75, 3.05) is 33.1 Å². The fourth-order valence-electron chi connectivity index (χ4n) is 2.81. The number of aromatic nitrogens is 2. The van der Waals surface area contributed by atoms with Crippen molar-refractivity contribution in [3.8, 4) is 5.75 Å². The van der Waals surface area contributed by atoms with Gasteiger partial charge in [0.1, 0.15) is 29.2 Å². The molecule has 0 aliphatic heterocycles. The quantitative estimate of drug-likeness (QED) is 0.744. The van der Waals surface area contributed by atoms with E-state index in [1.54, 1.807) is 13.2 Å². The van der Waals surface area contributed by atoms with Gasteiger partial charge in [-0.1, -0.05) is 18.2 Å². The molecule has 5 nitrogen and oxygen atoms in total. The lowest BCUT2D eigenvalue weighted by Gasteiger charge is -2.25. The Morgan fingerprint density at radius 2 is 1.88 bits per heavy atom. The standard InChI is InChI=1S/C19H21FN4O/c1-24(2)17(13-7-9-14(25-3)10-8-13)11-21-19-15-5-4-6-16(20)18(15)22-12-23-19/h4-10,12,17H,11H2,1-3H3,(H,21,22,23). The van der Waals surface area contributed by atoms with Gasteiger partial charge >= 0.3 is 0 Å². The van der Waals surface area contributed by atoms with Gasteiger partial charge in [0.15, 0.2) is 0 Å². The van der Waals surface area contributed by atoms with E-state index < -0.39 is 0 Å². The predicted molar refractivity (Wildman–Crippen MR) is 97.4 cm³/mol. The molecule has 0 radical (unpaired) electrons. The van der Waals surface area contributed by atoms with Crippen LogP contribution in [0.25, 0.3) is 10.9 Å². The summed E-state index contributed by atoms with van der Waals surface area (Å²) in [6.07, 6.45) is 1.38. The van der Waals surface area contributed by atoms with E-state index in [0.717, 1.165) is 11.3 Å². The average Bonchev–Trinajstić information content (AvgIpc) is 2.63. The van der Waals surface area contributed by atoms with Gasteiger partial charge in [-0.15, -0.1) is 0 Å². The topological polar surface area (TPSA) is 50.3 Å². The summed E-state index contributed by atoms with van der Waals surface area (Å²) in [5.74, 6) is 1.11. The monoisotopic (exact) mass is 340 g/mol. The lowest BCUT2D eigenvalue weighted by molar-refractivity contribution is 0.311. The molecular weight excluding hydrogens is 319 g/mol. The van der Waals surface area contributed by atoms with Crippen LogP contribution in [0.15, 0.2) is 48.8 Å². The lowest BCUT2D eigenvalue weighted by atomic mass is 10.1. The summed E-state index contributed by atoms with van der Waals surface area (Å²) in [4.78, 5) is 10.4. The summed E-state index contributed by atoms with van der Waals surface area (Å²) in [6, 6.07) is 13.0. The van der Waals surface area contributed by atoms with Gasteiger partial charge in [0, 0.05) is 11.9 Å². The van der Waals surface area contributed by atoms with Crippen molar-refractivity contribution < 1.29 is 9.13 Å². The summed E-state index contributed by atoms with van der Waals surface area (Å²) in [7, 11) is 5.70. The van der Waals surface area contributed by atoms with Crippen LogP contribution >= 0.6 is 0 Å². The molecule has 0 spiro atoms. The van der Waals surface area contributed by atoms with E-state index >= 15 is 0 Å². The summed E-state index contributed by atoms with van der Waals surface area (Å²) >= 11 is 0. The van der Waals surface area contributed by atoms with E-state index in [9.17, 15) is 4.39 Å². The number of benzene rings is 2. The third-order valence-corrected chi connectivity index (χ3v) is 4.20. The second kappa shape index (κ2) is 7.44. The van der Waals surface area contributed by atoms with Gasteiger partial charge in [-0.3, -0.25) is 0 Å². The zero-order valence-corrected chi connectivity index (χ0v) is 14.5. The second-order valence-corrected chi connectivity index (χ2v) is 5.99. The maximum atomic E-state index is 13.9. The van der Waals surface area contributed by atoms with Crippen molar-refractivity contribution in [1.29, 1.82) is 0 Å². The number of nitrogens with zero attached hydrogens (tertiary/aromatic N) is 3. The molecule has 0 saturated carbocycles. The van der Waals surface area contributed by atoms with Gasteiger partial charge in [-0.05, 0) is 43.9 Å². The van der Waals surface area contributed by atoms with Gasteiger partial charge in [-0.2, -0.15) is 0 Å². The van der Waals surface area contributed by atoms with E-state index in [1.807, 2.05) is 44.4 Å². The molecule has 3 rings (SSSR count). The van der Waals surface area contributed by atoms with Crippen molar-refractivity contribution in [3.05, 3.63) is 60.2 Å². The number of hydrogen-bond acceptors (Lipinski definition) is 5. The van der Waals surface area contributed by atoms with Crippen molar-refractivity contribution in [1.82, 2.24) is 14.9 Å². The summed E-state index contributed by atoms with van der Waals surface area (Å²) < 4.78 is 19.1. The number of methoxy groups -OCH3 is 1. The van der Waals surface area contributed by atoms with E-state index in [2.05, 4.69) is 20.2 Å². The number of hydrogen-bond donors (Lipinski definition) is 1. The highest BCUT2D eigenvalue weighted by Gasteiger charge is 2.15. The molecule has 0 aliphatic rings. The molecule has 130 valence electrons. The van der Waals surface area contributed by atoms with E-state index in [0.29, 0.717) is 23.3 Å². The third-order valence-electron chi connectivity index (χ3n) is 4.20. The van der Waals surface area contributed by atoms with Crippen LogP contribution in [0.3, 0.4) is 0 Å². The molecule has 2 aromatic carbocycles. The van der Waals surface area contributed by atoms with Crippen molar-refractivity contribution in [2.24, 2.45) is 0 Å². The van der Waals surface area contributed by atoms with Crippen LogP contribution < -0.4 is 10.1 Å². The van der Waals surface area contributed by atoms with E-state index in [1.165, 1.54) is 12.4 Å². The molecule has 0 bridgehead atoms. The Bertz CT molecular complexity index is 852. The average molecular weight is 340 g/mol. The molecule has 0 amide bonds. The summed E-state index contributed by atoms with van der Waals surface area (Å²) in [5, 5.41) is 4.01. The molecule has 1 atom stereocenters. The van der Waals surface area contributed by atoms with Crippen LogP contribution in [0.5, 0.6) is 5.75 Å². The first kappa shape index (κ1) is 17.1. The molecular formula is C19H21FN4O. The molecule has 1 aromatic heterocycles. The molecule has 3 aromatic rings. The number of para-hydroxylation sites is 1. The number of rotatable bonds is 6. The lowest BCUT2D eigenvalue weighted by Crippen LogP contribution is -2.27. The third kappa shape index (κ3) is 3.69. The van der Waals surface area contributed by atoms with Gasteiger partial charge in [0.25, 0.3) is 0 Å². The minimum absolute atomic E-state index is 0.129. The van der Waals surface area contributed by atoms with Crippen molar-refractivity contribution in [2.45, 2.75) is 6.04 Å². The number of ether oxygens (including phenoxy) is 1. The maximum Gasteiger partial charge on any atom is 0.149 e. The number of fused-ring (bicyclic) bond motifs is 1. The normalized spacial score (nSPS) is 12.4. The largest absolute Gasteiger partial charge is 0.497 e. The molecule has 1 heterocycles. The highest BCUT2D eigenvalue weighted by atomic mass is 19.1. The Labute approximate surface area is 146 Å². The molecule has 6 heteroatoms. The Balaban J connectivity index is 1.83. The molecule has 0 saturated heterocycles. The minimum atomic E-state index is -0.345. The molecule has 25 heavy (non-hydrogen) atoms. The van der Waals surface area contributed by atoms with E-state index in [4.69, 9.17) is 4.74 Å². The minimum Gasteiger partial charge on any atom is -0.497 e. The van der Waals surface area contributed by atoms with Crippen molar-refractivity contribution in [3.63, 3.8) is 0 Å². The van der Waals surface area contributed by atoms with Gasteiger partial charge in [0.2, 0.25) is 0 Å². The fraction of sp³-hybridized carbons (Fsp3) is 0.263. The van der Waals surface area contributed by atoms with E-state index in [-0.39, 0.29) is 11.9 Å². The molecule has 0 fully saturated rings. The van der Waals surface area contributed by atoms with Crippen LogP contribution in [0, 0.1) is 5.82 Å². The van der Waals surface area contributed by atoms with Crippen LogP contribution in [0.2, 0.25) is 0 Å². The zero-order chi connectivity index (χ0) is 17.8. The molecule has 0 aliphatic carbocycles. The SMILES string of the molecule is COc1ccc(C(CNc2ncnc3c(F)cccc23)N(C)C)cc1. The van der Waals surface area contributed by atoms with Gasteiger partial charge in [0.05, 0.1) is 13.2 Å². The second-order valence-electron chi connectivity index (χ2n) is 5.99.